The summed E-state index contributed by atoms with van der Waals surface area (Å²) in [6.07, 6.45) is 6.17. The second-order valence-corrected chi connectivity index (χ2v) is 12.6. The van der Waals surface area contributed by atoms with Gasteiger partial charge < -0.3 is 24.0 Å². The van der Waals surface area contributed by atoms with Crippen molar-refractivity contribution in [3.63, 3.8) is 0 Å². The first-order chi connectivity index (χ1) is 19.4. The number of rotatable bonds is 8. The second kappa shape index (κ2) is 10.2. The molecule has 11 heteroatoms. The van der Waals surface area contributed by atoms with Crippen molar-refractivity contribution in [1.29, 1.82) is 0 Å². The maximum absolute atomic E-state index is 11.6. The zero-order chi connectivity index (χ0) is 27.5. The largest absolute Gasteiger partial charge is 0.494 e. The molecule has 1 saturated carbocycles. The number of piperidine rings is 1. The number of hydrogen-bond donors (Lipinski definition) is 1. The SMILES string of the molecule is COc1cc(C(=O)O)cc2sc(N3[C@@H]4CC[C@H]3CC(OCc3c(-c5c(Cl)cccc5Cl)noc3C3CC3)C4)nc12. The van der Waals surface area contributed by atoms with Gasteiger partial charge in [0.05, 0.1) is 40.1 Å². The molecule has 1 unspecified atom stereocenters. The second-order valence-electron chi connectivity index (χ2n) is 10.8. The monoisotopic (exact) mass is 599 g/mol. The van der Waals surface area contributed by atoms with Gasteiger partial charge >= 0.3 is 5.97 Å². The number of nitrogens with zero attached hydrogens (tertiary/aromatic N) is 3. The standard InChI is InChI=1S/C29H27Cl2N3O5S/c1-37-22-9-15(28(35)36)10-23-26(22)32-29(40-23)34-16-7-8-17(34)12-18(11-16)38-13-19-25(33-39-27(19)14-5-6-14)24-20(30)3-2-4-21(24)31/h2-4,9-10,14,16-18H,5-8,11-13H2,1H3,(H,35,36)/t16-,17+,18?. The molecule has 0 radical (unpaired) electrons. The summed E-state index contributed by atoms with van der Waals surface area (Å²) >= 11 is 14.6. The lowest BCUT2D eigenvalue weighted by Gasteiger charge is -2.38. The molecule has 7 rings (SSSR count). The number of methoxy groups -OCH3 is 1. The molecular weight excluding hydrogens is 573 g/mol. The number of carboxylic acid groups (broad SMARTS) is 1. The molecule has 1 N–H and O–H groups in total. The van der Waals surface area contributed by atoms with E-state index in [1.165, 1.54) is 17.4 Å². The summed E-state index contributed by atoms with van der Waals surface area (Å²) in [5.41, 5.74) is 3.21. The van der Waals surface area contributed by atoms with E-state index >= 15 is 0 Å². The van der Waals surface area contributed by atoms with Crippen LogP contribution in [-0.4, -0.2) is 46.5 Å². The predicted octanol–water partition coefficient (Wildman–Crippen LogP) is 7.56. The van der Waals surface area contributed by atoms with Crippen LogP contribution in [0.1, 0.15) is 66.1 Å². The first-order valence-corrected chi connectivity index (χ1v) is 15.0. The molecule has 1 aliphatic carbocycles. The molecule has 3 atom stereocenters. The Hall–Kier alpha value is -2.85. The molecule has 0 spiro atoms. The van der Waals surface area contributed by atoms with Crippen molar-refractivity contribution < 1.29 is 23.9 Å². The lowest BCUT2D eigenvalue weighted by atomic mass is 10.00. The molecule has 4 heterocycles. The third-order valence-electron chi connectivity index (χ3n) is 8.26. The van der Waals surface area contributed by atoms with E-state index in [-0.39, 0.29) is 11.7 Å². The summed E-state index contributed by atoms with van der Waals surface area (Å²) in [6.45, 7) is 0.395. The van der Waals surface area contributed by atoms with E-state index in [1.54, 1.807) is 13.2 Å². The van der Waals surface area contributed by atoms with Crippen molar-refractivity contribution in [3.05, 3.63) is 57.3 Å². The number of carboxylic acids is 1. The molecule has 40 heavy (non-hydrogen) atoms. The van der Waals surface area contributed by atoms with Crippen LogP contribution >= 0.6 is 34.5 Å². The normalized spacial score (nSPS) is 22.3. The number of hydrogen-bond acceptors (Lipinski definition) is 8. The number of benzene rings is 2. The summed E-state index contributed by atoms with van der Waals surface area (Å²) in [7, 11) is 1.54. The third kappa shape index (κ3) is 4.53. The van der Waals surface area contributed by atoms with Gasteiger partial charge in [-0.2, -0.15) is 0 Å². The number of ether oxygens (including phenoxy) is 2. The van der Waals surface area contributed by atoms with Gasteiger partial charge in [0.15, 0.2) is 5.13 Å². The van der Waals surface area contributed by atoms with Gasteiger partial charge in [-0.05, 0) is 62.8 Å². The van der Waals surface area contributed by atoms with Gasteiger partial charge in [-0.3, -0.25) is 0 Å². The number of fused-ring (bicyclic) bond motifs is 3. The Morgan fingerprint density at radius 1 is 1.15 bits per heavy atom. The van der Waals surface area contributed by atoms with Crippen LogP contribution in [0.4, 0.5) is 5.13 Å². The maximum atomic E-state index is 11.6. The molecule has 2 bridgehead atoms. The fourth-order valence-corrected chi connectivity index (χ4v) is 7.94. The van der Waals surface area contributed by atoms with Crippen LogP contribution in [0.3, 0.4) is 0 Å². The fraction of sp³-hybridized carbons (Fsp3) is 0.414. The van der Waals surface area contributed by atoms with Crippen molar-refractivity contribution >= 4 is 55.9 Å². The molecule has 2 aromatic heterocycles. The van der Waals surface area contributed by atoms with Crippen molar-refractivity contribution in [2.75, 3.05) is 12.0 Å². The Labute approximate surface area is 244 Å². The molecular formula is C29H27Cl2N3O5S. The highest BCUT2D eigenvalue weighted by atomic mass is 35.5. The molecule has 208 valence electrons. The van der Waals surface area contributed by atoms with Gasteiger partial charge in [-0.15, -0.1) is 0 Å². The number of anilines is 1. The van der Waals surface area contributed by atoms with Crippen LogP contribution in [0.15, 0.2) is 34.9 Å². The Kier molecular flexibility index (Phi) is 6.65. The van der Waals surface area contributed by atoms with Crippen molar-refractivity contribution in [1.82, 2.24) is 10.1 Å². The number of carbonyl (C=O) groups is 1. The van der Waals surface area contributed by atoms with Gasteiger partial charge in [-0.25, -0.2) is 9.78 Å². The van der Waals surface area contributed by atoms with Gasteiger partial charge in [0.25, 0.3) is 0 Å². The van der Waals surface area contributed by atoms with Gasteiger partial charge in [0, 0.05) is 29.1 Å². The maximum Gasteiger partial charge on any atom is 0.335 e. The zero-order valence-corrected chi connectivity index (χ0v) is 24.1. The minimum atomic E-state index is -0.981. The zero-order valence-electron chi connectivity index (χ0n) is 21.7. The van der Waals surface area contributed by atoms with Crippen molar-refractivity contribution in [2.24, 2.45) is 0 Å². The topological polar surface area (TPSA) is 97.9 Å². The van der Waals surface area contributed by atoms with E-state index in [0.29, 0.717) is 57.2 Å². The smallest absolute Gasteiger partial charge is 0.335 e. The molecule has 3 fully saturated rings. The van der Waals surface area contributed by atoms with Crippen LogP contribution in [0.2, 0.25) is 10.0 Å². The minimum Gasteiger partial charge on any atom is -0.494 e. The van der Waals surface area contributed by atoms with Crippen LogP contribution in [0.25, 0.3) is 21.5 Å². The predicted molar refractivity (Wildman–Crippen MR) is 154 cm³/mol. The molecule has 2 aromatic carbocycles. The quantitative estimate of drug-likeness (QED) is 0.221. The number of aromatic carboxylic acids is 1. The average molecular weight is 601 g/mol. The molecule has 2 aliphatic heterocycles. The number of aromatic nitrogens is 2. The number of halogens is 2. The van der Waals surface area contributed by atoms with Gasteiger partial charge in [-0.1, -0.05) is 45.8 Å². The van der Waals surface area contributed by atoms with E-state index in [0.717, 1.165) is 59.7 Å². The van der Waals surface area contributed by atoms with E-state index in [9.17, 15) is 9.90 Å². The van der Waals surface area contributed by atoms with E-state index in [4.69, 9.17) is 42.2 Å². The van der Waals surface area contributed by atoms with Crippen LogP contribution in [0.5, 0.6) is 5.75 Å². The molecule has 3 aliphatic rings. The Morgan fingerprint density at radius 2 is 1.88 bits per heavy atom. The molecule has 0 amide bonds. The highest BCUT2D eigenvalue weighted by Crippen LogP contribution is 2.47. The first-order valence-electron chi connectivity index (χ1n) is 13.5. The van der Waals surface area contributed by atoms with Crippen LogP contribution in [0, 0.1) is 0 Å². The fourth-order valence-electron chi connectivity index (χ4n) is 6.20. The Morgan fingerprint density at radius 3 is 2.52 bits per heavy atom. The molecule has 2 saturated heterocycles. The minimum absolute atomic E-state index is 0.0906. The summed E-state index contributed by atoms with van der Waals surface area (Å²) < 4.78 is 18.7. The highest BCUT2D eigenvalue weighted by Gasteiger charge is 2.43. The van der Waals surface area contributed by atoms with Gasteiger partial charge in [0.2, 0.25) is 0 Å². The lowest BCUT2D eigenvalue weighted by molar-refractivity contribution is 0.0147. The van der Waals surface area contributed by atoms with Crippen molar-refractivity contribution in [3.8, 4) is 17.0 Å². The van der Waals surface area contributed by atoms with Crippen molar-refractivity contribution in [2.45, 2.75) is 69.2 Å². The summed E-state index contributed by atoms with van der Waals surface area (Å²) in [4.78, 5) is 18.9. The Balaban J connectivity index is 1.11. The Bertz CT molecular complexity index is 1580. The lowest BCUT2D eigenvalue weighted by Crippen LogP contribution is -2.45. The summed E-state index contributed by atoms with van der Waals surface area (Å²) in [5.74, 6) is 0.760. The molecule has 8 nitrogen and oxygen atoms in total. The van der Waals surface area contributed by atoms with Crippen LogP contribution < -0.4 is 9.64 Å². The summed E-state index contributed by atoms with van der Waals surface area (Å²) in [6, 6.07) is 9.27. The van der Waals surface area contributed by atoms with E-state index in [2.05, 4.69) is 10.1 Å². The molecule has 4 aromatic rings. The number of thiazole rings is 1. The highest BCUT2D eigenvalue weighted by molar-refractivity contribution is 7.22. The van der Waals surface area contributed by atoms with Gasteiger partial charge in [0.1, 0.15) is 22.7 Å². The van der Waals surface area contributed by atoms with E-state index in [1.807, 2.05) is 18.2 Å². The van der Waals surface area contributed by atoms with Crippen LogP contribution in [-0.2, 0) is 11.3 Å². The van der Waals surface area contributed by atoms with E-state index < -0.39 is 5.97 Å². The summed E-state index contributed by atoms with van der Waals surface area (Å²) in [5, 5.41) is 15.9. The first kappa shape index (κ1) is 26.1. The third-order valence-corrected chi connectivity index (χ3v) is 9.90. The average Bonchev–Trinajstić information content (AvgIpc) is 3.46.